The maximum Gasteiger partial charge on any atom is 0.142 e. The van der Waals surface area contributed by atoms with Gasteiger partial charge >= 0.3 is 0 Å². The second-order valence-electron chi connectivity index (χ2n) is 4.83. The van der Waals surface area contributed by atoms with Gasteiger partial charge in [-0.1, -0.05) is 46.3 Å². The quantitative estimate of drug-likeness (QED) is 0.846. The standard InChI is InChI=1S/C16H16BrNO/c1-19-16-8-7-14(17)9-15(16)18-10-13(11-18)12-5-3-2-4-6-12/h2-9,13H,10-11H2,1H3. The van der Waals surface area contributed by atoms with Gasteiger partial charge in [0.15, 0.2) is 0 Å². The maximum absolute atomic E-state index is 5.44. The fourth-order valence-electron chi connectivity index (χ4n) is 2.52. The number of hydrogen-bond donors (Lipinski definition) is 0. The molecule has 0 unspecified atom stereocenters. The van der Waals surface area contributed by atoms with Gasteiger partial charge in [0.1, 0.15) is 5.75 Å². The number of halogens is 1. The average Bonchev–Trinajstić information content (AvgIpc) is 2.39. The summed E-state index contributed by atoms with van der Waals surface area (Å²) in [5.74, 6) is 1.57. The van der Waals surface area contributed by atoms with E-state index < -0.39 is 0 Å². The molecular formula is C16H16BrNO. The first-order valence-corrected chi connectivity index (χ1v) is 7.20. The van der Waals surface area contributed by atoms with Crippen LogP contribution in [0.5, 0.6) is 5.75 Å². The predicted molar refractivity (Wildman–Crippen MR) is 82.1 cm³/mol. The van der Waals surface area contributed by atoms with Crippen LogP contribution in [0.25, 0.3) is 0 Å². The average molecular weight is 318 g/mol. The smallest absolute Gasteiger partial charge is 0.142 e. The van der Waals surface area contributed by atoms with E-state index in [1.807, 2.05) is 12.1 Å². The number of nitrogens with zero attached hydrogens (tertiary/aromatic N) is 1. The van der Waals surface area contributed by atoms with E-state index in [2.05, 4.69) is 57.2 Å². The molecule has 2 nitrogen and oxygen atoms in total. The zero-order valence-corrected chi connectivity index (χ0v) is 12.4. The van der Waals surface area contributed by atoms with E-state index in [1.165, 1.54) is 11.3 Å². The minimum Gasteiger partial charge on any atom is -0.495 e. The summed E-state index contributed by atoms with van der Waals surface area (Å²) in [6.07, 6.45) is 0. The minimum atomic E-state index is 0.630. The molecule has 0 bridgehead atoms. The third-order valence-electron chi connectivity index (χ3n) is 3.63. The Morgan fingerprint density at radius 1 is 1.11 bits per heavy atom. The molecule has 0 aliphatic carbocycles. The topological polar surface area (TPSA) is 12.5 Å². The molecule has 3 heteroatoms. The van der Waals surface area contributed by atoms with Gasteiger partial charge in [-0.3, -0.25) is 0 Å². The van der Waals surface area contributed by atoms with E-state index in [0.717, 1.165) is 23.3 Å². The molecule has 1 heterocycles. The Bertz CT molecular complexity index is 564. The van der Waals surface area contributed by atoms with Crippen LogP contribution in [0.15, 0.2) is 53.0 Å². The Balaban J connectivity index is 1.76. The highest BCUT2D eigenvalue weighted by Gasteiger charge is 2.29. The highest BCUT2D eigenvalue weighted by Crippen LogP contribution is 2.38. The molecule has 1 aliphatic heterocycles. The van der Waals surface area contributed by atoms with Crippen LogP contribution < -0.4 is 9.64 Å². The molecule has 0 spiro atoms. The van der Waals surface area contributed by atoms with Gasteiger partial charge < -0.3 is 9.64 Å². The molecule has 2 aromatic rings. The van der Waals surface area contributed by atoms with Crippen LogP contribution in [-0.2, 0) is 0 Å². The monoisotopic (exact) mass is 317 g/mol. The first-order valence-electron chi connectivity index (χ1n) is 6.41. The van der Waals surface area contributed by atoms with Crippen LogP contribution in [0.2, 0.25) is 0 Å². The second-order valence-corrected chi connectivity index (χ2v) is 5.74. The molecule has 0 saturated carbocycles. The molecule has 3 rings (SSSR count). The van der Waals surface area contributed by atoms with Crippen molar-refractivity contribution in [1.82, 2.24) is 0 Å². The number of methoxy groups -OCH3 is 1. The predicted octanol–water partition coefficient (Wildman–Crippen LogP) is 4.06. The van der Waals surface area contributed by atoms with Gasteiger partial charge in [0.05, 0.1) is 12.8 Å². The molecule has 0 amide bonds. The summed E-state index contributed by atoms with van der Waals surface area (Å²) in [5.41, 5.74) is 2.59. The Morgan fingerprint density at radius 2 is 1.84 bits per heavy atom. The van der Waals surface area contributed by atoms with Crippen molar-refractivity contribution in [2.24, 2.45) is 0 Å². The largest absolute Gasteiger partial charge is 0.495 e. The number of hydrogen-bond acceptors (Lipinski definition) is 2. The van der Waals surface area contributed by atoms with Crippen molar-refractivity contribution in [3.63, 3.8) is 0 Å². The van der Waals surface area contributed by atoms with Gasteiger partial charge in [-0.2, -0.15) is 0 Å². The van der Waals surface area contributed by atoms with E-state index >= 15 is 0 Å². The lowest BCUT2D eigenvalue weighted by Crippen LogP contribution is -2.45. The van der Waals surface area contributed by atoms with Crippen LogP contribution in [-0.4, -0.2) is 20.2 Å². The highest BCUT2D eigenvalue weighted by molar-refractivity contribution is 9.10. The molecule has 1 fully saturated rings. The number of anilines is 1. The summed E-state index contributed by atoms with van der Waals surface area (Å²) in [4.78, 5) is 2.36. The van der Waals surface area contributed by atoms with Gasteiger partial charge in [-0.15, -0.1) is 0 Å². The van der Waals surface area contributed by atoms with Crippen molar-refractivity contribution >= 4 is 21.6 Å². The van der Waals surface area contributed by atoms with Crippen molar-refractivity contribution in [3.8, 4) is 5.75 Å². The third-order valence-corrected chi connectivity index (χ3v) is 4.13. The van der Waals surface area contributed by atoms with Crippen LogP contribution in [0.1, 0.15) is 11.5 Å². The first kappa shape index (κ1) is 12.5. The molecule has 98 valence electrons. The van der Waals surface area contributed by atoms with E-state index in [0.29, 0.717) is 5.92 Å². The SMILES string of the molecule is COc1ccc(Br)cc1N1CC(c2ccccc2)C1. The molecule has 2 aromatic carbocycles. The summed E-state index contributed by atoms with van der Waals surface area (Å²) in [5, 5.41) is 0. The van der Waals surface area contributed by atoms with Gasteiger partial charge in [-0.25, -0.2) is 0 Å². The molecule has 1 saturated heterocycles. The number of benzene rings is 2. The zero-order chi connectivity index (χ0) is 13.2. The molecule has 0 atom stereocenters. The van der Waals surface area contributed by atoms with Crippen LogP contribution in [0.4, 0.5) is 5.69 Å². The molecule has 19 heavy (non-hydrogen) atoms. The lowest BCUT2D eigenvalue weighted by molar-refractivity contribution is 0.409. The fraction of sp³-hybridized carbons (Fsp3) is 0.250. The number of rotatable bonds is 3. The van der Waals surface area contributed by atoms with Crippen molar-refractivity contribution in [3.05, 3.63) is 58.6 Å². The fourth-order valence-corrected chi connectivity index (χ4v) is 2.87. The summed E-state index contributed by atoms with van der Waals surface area (Å²) >= 11 is 3.52. The van der Waals surface area contributed by atoms with Crippen LogP contribution in [0.3, 0.4) is 0 Å². The summed E-state index contributed by atoms with van der Waals surface area (Å²) in [7, 11) is 1.72. The molecule has 0 aromatic heterocycles. The normalized spacial score (nSPS) is 15.2. The third kappa shape index (κ3) is 2.47. The van der Waals surface area contributed by atoms with E-state index in [4.69, 9.17) is 4.74 Å². The van der Waals surface area contributed by atoms with E-state index in [1.54, 1.807) is 7.11 Å². The van der Waals surface area contributed by atoms with Gasteiger partial charge in [0.25, 0.3) is 0 Å². The summed E-state index contributed by atoms with van der Waals surface area (Å²) in [6.45, 7) is 2.10. The summed E-state index contributed by atoms with van der Waals surface area (Å²) < 4.78 is 6.52. The second kappa shape index (κ2) is 5.25. The van der Waals surface area contributed by atoms with Crippen molar-refractivity contribution in [2.45, 2.75) is 5.92 Å². The Kier molecular flexibility index (Phi) is 3.47. The molecule has 0 radical (unpaired) electrons. The van der Waals surface area contributed by atoms with Crippen molar-refractivity contribution in [2.75, 3.05) is 25.1 Å². The lowest BCUT2D eigenvalue weighted by Gasteiger charge is -2.42. The Morgan fingerprint density at radius 3 is 2.53 bits per heavy atom. The van der Waals surface area contributed by atoms with Gasteiger partial charge in [0.2, 0.25) is 0 Å². The van der Waals surface area contributed by atoms with Crippen LogP contribution in [0, 0.1) is 0 Å². The van der Waals surface area contributed by atoms with Crippen molar-refractivity contribution < 1.29 is 4.74 Å². The summed E-state index contributed by atoms with van der Waals surface area (Å²) in [6, 6.07) is 16.8. The van der Waals surface area contributed by atoms with E-state index in [-0.39, 0.29) is 0 Å². The molecule has 0 N–H and O–H groups in total. The minimum absolute atomic E-state index is 0.630. The molecule has 1 aliphatic rings. The van der Waals surface area contributed by atoms with Crippen molar-refractivity contribution in [1.29, 1.82) is 0 Å². The van der Waals surface area contributed by atoms with Gasteiger partial charge in [-0.05, 0) is 23.8 Å². The number of ether oxygens (including phenoxy) is 1. The molecular weight excluding hydrogens is 302 g/mol. The van der Waals surface area contributed by atoms with E-state index in [9.17, 15) is 0 Å². The highest BCUT2D eigenvalue weighted by atomic mass is 79.9. The lowest BCUT2D eigenvalue weighted by atomic mass is 9.91. The maximum atomic E-state index is 5.44. The first-order chi connectivity index (χ1) is 9.28. The zero-order valence-electron chi connectivity index (χ0n) is 10.8. The Labute approximate surface area is 122 Å². The van der Waals surface area contributed by atoms with Crippen LogP contribution >= 0.6 is 15.9 Å². The Hall–Kier alpha value is -1.48. The van der Waals surface area contributed by atoms with Gasteiger partial charge in [0, 0.05) is 23.5 Å².